The minimum absolute atomic E-state index is 0. The Kier molecular flexibility index (Phi) is 11.1. The number of nitrogens with zero attached hydrogens (tertiary/aromatic N) is 4. The zero-order chi connectivity index (χ0) is 32.2. The molecule has 1 aliphatic heterocycles. The van der Waals surface area contributed by atoms with Crippen molar-refractivity contribution in [3.05, 3.63) is 114 Å². The molecule has 3 aliphatic rings. The fraction of sp³-hybridized carbons (Fsp3) is 0.349. The third-order valence-corrected chi connectivity index (χ3v) is 9.94. The summed E-state index contributed by atoms with van der Waals surface area (Å²) >= 11 is 0. The largest absolute Gasteiger partial charge is 0.685 e. The number of benzene rings is 4. The maximum Gasteiger partial charge on any atom is 0.0599 e. The number of hydrogen-bond acceptors (Lipinski definition) is 3. The number of rotatable bonds is 5. The molecule has 0 saturated heterocycles. The molecule has 1 radical (unpaired) electrons. The number of allylic oxidation sites excluding steroid dienone is 2. The van der Waals surface area contributed by atoms with E-state index in [1.54, 1.807) is 0 Å². The van der Waals surface area contributed by atoms with E-state index in [-0.39, 0.29) is 20.1 Å². The Morgan fingerprint density at radius 2 is 1.56 bits per heavy atom. The first-order valence-corrected chi connectivity index (χ1v) is 17.7. The number of para-hydroxylation sites is 1. The van der Waals surface area contributed by atoms with E-state index in [9.17, 15) is 0 Å². The van der Waals surface area contributed by atoms with Gasteiger partial charge in [0, 0.05) is 54.0 Å². The molecule has 0 amide bonds. The molecule has 1 aromatic heterocycles. The van der Waals surface area contributed by atoms with E-state index in [0.29, 0.717) is 12.1 Å². The van der Waals surface area contributed by atoms with E-state index in [1.165, 1.54) is 103 Å². The van der Waals surface area contributed by atoms with Crippen molar-refractivity contribution in [1.29, 1.82) is 0 Å². The molecule has 0 bridgehead atoms. The maximum atomic E-state index is 5.10. The van der Waals surface area contributed by atoms with Crippen LogP contribution in [-0.2, 0) is 20.1 Å². The van der Waals surface area contributed by atoms with Crippen molar-refractivity contribution in [2.45, 2.75) is 97.1 Å². The molecule has 2 aliphatic carbocycles. The summed E-state index contributed by atoms with van der Waals surface area (Å²) in [5, 5.41) is 8.46. The zero-order valence-corrected chi connectivity index (χ0v) is 30.9. The fourth-order valence-corrected chi connectivity index (χ4v) is 7.67. The maximum absolute atomic E-state index is 5.10. The number of aliphatic imine (C=N–C) groups is 1. The third kappa shape index (κ3) is 7.43. The molecule has 0 spiro atoms. The molecule has 5 aromatic rings. The molecule has 2 saturated carbocycles. The predicted molar refractivity (Wildman–Crippen MR) is 200 cm³/mol. The van der Waals surface area contributed by atoms with Crippen molar-refractivity contribution in [3.8, 4) is 11.3 Å². The molecule has 249 valence electrons. The molecule has 2 fully saturated rings. The van der Waals surface area contributed by atoms with Crippen LogP contribution in [-0.4, -0.2) is 22.8 Å². The molecule has 0 unspecified atom stereocenters. The summed E-state index contributed by atoms with van der Waals surface area (Å²) in [5.74, 6) is 0. The monoisotopic (exact) mass is 811 g/mol. The van der Waals surface area contributed by atoms with Crippen LogP contribution >= 0.6 is 0 Å². The normalized spacial score (nSPS) is 16.9. The molecule has 8 rings (SSSR count). The zero-order valence-electron chi connectivity index (χ0n) is 28.5. The number of aromatic nitrogens is 1. The van der Waals surface area contributed by atoms with Crippen molar-refractivity contribution in [3.63, 3.8) is 0 Å². The second-order valence-electron chi connectivity index (χ2n) is 13.5. The van der Waals surface area contributed by atoms with Crippen molar-refractivity contribution in [1.82, 2.24) is 4.98 Å². The van der Waals surface area contributed by atoms with Gasteiger partial charge in [0.2, 0.25) is 0 Å². The molecule has 5 heteroatoms. The van der Waals surface area contributed by atoms with Gasteiger partial charge in [0.05, 0.1) is 11.6 Å². The van der Waals surface area contributed by atoms with Crippen molar-refractivity contribution in [2.75, 3.05) is 4.90 Å². The van der Waals surface area contributed by atoms with Gasteiger partial charge in [-0.05, 0) is 62.6 Å². The van der Waals surface area contributed by atoms with Crippen LogP contribution < -0.4 is 4.90 Å². The number of hydrogen-bond donors (Lipinski definition) is 0. The molecule has 0 N–H and O–H groups in total. The first kappa shape index (κ1) is 34.1. The minimum Gasteiger partial charge on any atom is -0.685 e. The molecular weight excluding hydrogens is 765 g/mol. The molecule has 0 atom stereocenters. The van der Waals surface area contributed by atoms with E-state index in [1.807, 2.05) is 6.07 Å². The van der Waals surface area contributed by atoms with Gasteiger partial charge in [-0.3, -0.25) is 9.98 Å². The second-order valence-corrected chi connectivity index (χ2v) is 13.5. The topological polar surface area (TPSA) is 42.6 Å². The van der Waals surface area contributed by atoms with Gasteiger partial charge in [0.1, 0.15) is 0 Å². The van der Waals surface area contributed by atoms with Crippen LogP contribution in [0.3, 0.4) is 0 Å². The van der Waals surface area contributed by atoms with Crippen LogP contribution in [0, 0.1) is 13.0 Å². The summed E-state index contributed by atoms with van der Waals surface area (Å²) in [6.07, 6.45) is 15.5. The van der Waals surface area contributed by atoms with Crippen LogP contribution in [0.2, 0.25) is 0 Å². The van der Waals surface area contributed by atoms with E-state index >= 15 is 0 Å². The average Bonchev–Trinajstić information content (AvgIpc) is 3.10. The van der Waals surface area contributed by atoms with Gasteiger partial charge < -0.3 is 10.2 Å². The summed E-state index contributed by atoms with van der Waals surface area (Å²) in [6.45, 7) is 6.41. The Balaban J connectivity index is 0.000000177. The van der Waals surface area contributed by atoms with E-state index in [2.05, 4.69) is 117 Å². The van der Waals surface area contributed by atoms with E-state index < -0.39 is 0 Å². The number of anilines is 3. The SMILES string of the molecule is CC(/C=C(/C)[N-]C1CCCCC1)=NC1CCCCC1.Cc1cccc2nc3c(cc12)N(c1ccccc1)c1cccc2cc[c-]c-3c12.[Ir]. The van der Waals surface area contributed by atoms with Crippen LogP contribution in [0.15, 0.2) is 102 Å². The van der Waals surface area contributed by atoms with Crippen LogP contribution in [0.5, 0.6) is 0 Å². The number of pyridine rings is 1. The first-order chi connectivity index (χ1) is 23.0. The molecule has 48 heavy (non-hydrogen) atoms. The van der Waals surface area contributed by atoms with E-state index in [0.717, 1.165) is 28.1 Å². The molecular formula is C43H46IrN4-2. The Labute approximate surface area is 300 Å². The predicted octanol–water partition coefficient (Wildman–Crippen LogP) is 12.3. The van der Waals surface area contributed by atoms with Crippen molar-refractivity contribution >= 4 is 44.4 Å². The summed E-state index contributed by atoms with van der Waals surface area (Å²) in [6, 6.07) is 34.4. The molecule has 4 nitrogen and oxygen atoms in total. The number of aryl methyl sites for hydroxylation is 1. The second kappa shape index (κ2) is 15.6. The van der Waals surface area contributed by atoms with Gasteiger partial charge in [-0.15, -0.1) is 29.8 Å². The van der Waals surface area contributed by atoms with Crippen LogP contribution in [0.4, 0.5) is 17.1 Å². The van der Waals surface area contributed by atoms with Crippen molar-refractivity contribution < 1.29 is 20.1 Å². The Morgan fingerprint density at radius 1 is 0.833 bits per heavy atom. The van der Waals surface area contributed by atoms with Gasteiger partial charge in [-0.1, -0.05) is 118 Å². The van der Waals surface area contributed by atoms with Crippen LogP contribution in [0.1, 0.15) is 83.6 Å². The first-order valence-electron chi connectivity index (χ1n) is 17.7. The van der Waals surface area contributed by atoms with Crippen LogP contribution in [0.25, 0.3) is 38.2 Å². The average molecular weight is 811 g/mol. The Bertz CT molecular complexity index is 1910. The summed E-state index contributed by atoms with van der Waals surface area (Å²) in [4.78, 5) is 12.3. The van der Waals surface area contributed by atoms with Gasteiger partial charge >= 0.3 is 0 Å². The smallest absolute Gasteiger partial charge is 0.0599 e. The van der Waals surface area contributed by atoms with Gasteiger partial charge in [-0.2, -0.15) is 5.70 Å². The fourth-order valence-electron chi connectivity index (χ4n) is 7.67. The summed E-state index contributed by atoms with van der Waals surface area (Å²) < 4.78 is 0. The third-order valence-electron chi connectivity index (χ3n) is 9.94. The van der Waals surface area contributed by atoms with Gasteiger partial charge in [0.25, 0.3) is 0 Å². The minimum atomic E-state index is 0. The van der Waals surface area contributed by atoms with E-state index in [4.69, 9.17) is 15.3 Å². The summed E-state index contributed by atoms with van der Waals surface area (Å²) in [5.41, 5.74) is 10.1. The Hall–Kier alpha value is -3.79. The standard InChI is InChI=1S/C26H17N2.C17H29N2.Ir/c1-17-8-5-14-22-21(17)16-24-26(27-22)20-13-6-9-18-10-7-15-23(25(18)20)28(24)19-11-3-2-4-12-19;1-14(18-16-9-5-3-6-10-16)13-15(2)19-17-11-7-4-8-12-17;/h2-12,14-16H,1H3;13,16-17H,3-12H2,1-2H3;/q2*-1;/b;14-13-,19-15?;. The molecule has 4 aromatic carbocycles. The molecule has 2 heterocycles. The van der Waals surface area contributed by atoms with Crippen molar-refractivity contribution in [2.24, 2.45) is 4.99 Å². The Morgan fingerprint density at radius 3 is 2.33 bits per heavy atom. The quantitative estimate of drug-likeness (QED) is 0.129. The number of fused-ring (bicyclic) bond motifs is 3. The van der Waals surface area contributed by atoms with Gasteiger partial charge in [-0.25, -0.2) is 0 Å². The summed E-state index contributed by atoms with van der Waals surface area (Å²) in [7, 11) is 0. The van der Waals surface area contributed by atoms with Gasteiger partial charge in [0.15, 0.2) is 0 Å².